The molecule has 1 heterocycles. The number of carbonyl (C=O) groups is 1. The lowest BCUT2D eigenvalue weighted by Crippen LogP contribution is -2.30. The largest absolute Gasteiger partial charge is 0.451 e. The minimum Gasteiger partial charge on any atom is -0.451 e. The highest BCUT2D eigenvalue weighted by atomic mass is 79.9. The van der Waals surface area contributed by atoms with Crippen LogP contribution in [-0.2, 0) is 16.6 Å². The van der Waals surface area contributed by atoms with Gasteiger partial charge >= 0.3 is 5.91 Å². The molecule has 0 saturated carbocycles. The fraction of sp³-hybridized carbons (Fsp3) is 0.0625. The number of sulfonamides is 1. The van der Waals surface area contributed by atoms with Crippen molar-refractivity contribution in [1.29, 1.82) is 0 Å². The van der Waals surface area contributed by atoms with Crippen LogP contribution in [0.15, 0.2) is 62.3 Å². The molecule has 0 bridgehead atoms. The lowest BCUT2D eigenvalue weighted by molar-refractivity contribution is 0.0956. The van der Waals surface area contributed by atoms with Gasteiger partial charge < -0.3 is 10.2 Å². The van der Waals surface area contributed by atoms with Crippen molar-refractivity contribution in [2.75, 3.05) is 0 Å². The smallest absolute Gasteiger partial charge is 0.300 e. The minimum absolute atomic E-state index is 0.0228. The normalized spacial score (nSPS) is 11.6. The van der Waals surface area contributed by atoms with Gasteiger partial charge in [0.25, 0.3) is 10.0 Å². The molecule has 0 saturated heterocycles. The molecule has 24 heavy (non-hydrogen) atoms. The second-order valence-corrected chi connectivity index (χ2v) is 7.58. The first-order valence-electron chi connectivity index (χ1n) is 6.95. The molecule has 6 nitrogen and oxygen atoms in total. The Morgan fingerprint density at radius 1 is 1.17 bits per heavy atom. The fourth-order valence-electron chi connectivity index (χ4n) is 2.17. The summed E-state index contributed by atoms with van der Waals surface area (Å²) < 4.78 is 32.7. The Morgan fingerprint density at radius 3 is 2.50 bits per heavy atom. The number of halogens is 1. The SMILES string of the molecule is NCc1ccc(S(=O)(=O)NC(=O)c2cc3c(Br)cccc3o2)cc1. The topological polar surface area (TPSA) is 102 Å². The number of rotatable bonds is 4. The van der Waals surface area contributed by atoms with Crippen LogP contribution >= 0.6 is 15.9 Å². The van der Waals surface area contributed by atoms with Crippen molar-refractivity contribution in [3.05, 3.63) is 64.3 Å². The van der Waals surface area contributed by atoms with Crippen molar-refractivity contribution < 1.29 is 17.6 Å². The molecule has 0 radical (unpaired) electrons. The van der Waals surface area contributed by atoms with Crippen molar-refractivity contribution in [3.63, 3.8) is 0 Å². The maximum absolute atomic E-state index is 12.3. The monoisotopic (exact) mass is 408 g/mol. The van der Waals surface area contributed by atoms with Crippen molar-refractivity contribution in [2.45, 2.75) is 11.4 Å². The van der Waals surface area contributed by atoms with Crippen LogP contribution in [0, 0.1) is 0 Å². The van der Waals surface area contributed by atoms with Gasteiger partial charge in [0.15, 0.2) is 5.76 Å². The van der Waals surface area contributed by atoms with Gasteiger partial charge in [0.2, 0.25) is 0 Å². The Bertz CT molecular complexity index is 1010. The molecule has 0 spiro atoms. The van der Waals surface area contributed by atoms with Crippen molar-refractivity contribution in [1.82, 2.24) is 4.72 Å². The molecule has 0 aliphatic rings. The molecule has 2 aromatic carbocycles. The van der Waals surface area contributed by atoms with E-state index in [-0.39, 0.29) is 10.7 Å². The number of fused-ring (bicyclic) bond motifs is 1. The van der Waals surface area contributed by atoms with E-state index in [2.05, 4.69) is 15.9 Å². The van der Waals surface area contributed by atoms with Gasteiger partial charge in [-0.05, 0) is 35.9 Å². The van der Waals surface area contributed by atoms with E-state index < -0.39 is 15.9 Å². The third kappa shape index (κ3) is 3.21. The van der Waals surface area contributed by atoms with Crippen LogP contribution in [-0.4, -0.2) is 14.3 Å². The molecular weight excluding hydrogens is 396 g/mol. The average Bonchev–Trinajstić information content (AvgIpc) is 3.00. The van der Waals surface area contributed by atoms with E-state index in [9.17, 15) is 13.2 Å². The van der Waals surface area contributed by atoms with Crippen molar-refractivity contribution in [3.8, 4) is 0 Å². The average molecular weight is 409 g/mol. The second-order valence-electron chi connectivity index (χ2n) is 5.04. The van der Waals surface area contributed by atoms with Crippen LogP contribution in [0.1, 0.15) is 16.1 Å². The number of amides is 1. The molecule has 0 aliphatic carbocycles. The third-order valence-electron chi connectivity index (χ3n) is 3.43. The summed E-state index contributed by atoms with van der Waals surface area (Å²) >= 11 is 3.35. The molecule has 1 aromatic heterocycles. The third-order valence-corrected chi connectivity index (χ3v) is 5.47. The summed E-state index contributed by atoms with van der Waals surface area (Å²) in [5.41, 5.74) is 6.76. The van der Waals surface area contributed by atoms with Crippen molar-refractivity contribution in [2.24, 2.45) is 5.73 Å². The number of furan rings is 1. The Hall–Kier alpha value is -2.16. The summed E-state index contributed by atoms with van der Waals surface area (Å²) in [5.74, 6) is -0.917. The fourth-order valence-corrected chi connectivity index (χ4v) is 3.59. The van der Waals surface area contributed by atoms with Gasteiger partial charge in [0.1, 0.15) is 5.58 Å². The van der Waals surface area contributed by atoms with Gasteiger partial charge in [-0.3, -0.25) is 4.79 Å². The highest BCUT2D eigenvalue weighted by molar-refractivity contribution is 9.10. The first-order chi connectivity index (χ1) is 11.4. The molecule has 3 N–H and O–H groups in total. The summed E-state index contributed by atoms with van der Waals surface area (Å²) in [5, 5.41) is 0.687. The summed E-state index contributed by atoms with van der Waals surface area (Å²) in [4.78, 5) is 12.2. The molecule has 0 aliphatic heterocycles. The van der Waals surface area contributed by atoms with Crippen LogP contribution < -0.4 is 10.5 Å². The maximum atomic E-state index is 12.3. The van der Waals surface area contributed by atoms with Crippen LogP contribution in [0.4, 0.5) is 0 Å². The van der Waals surface area contributed by atoms with Gasteiger partial charge in [-0.25, -0.2) is 13.1 Å². The number of nitrogens with one attached hydrogen (secondary N) is 1. The molecule has 8 heteroatoms. The summed E-state index contributed by atoms with van der Waals surface area (Å²) in [6.07, 6.45) is 0. The molecule has 1 amide bonds. The first-order valence-corrected chi connectivity index (χ1v) is 9.22. The molecule has 0 atom stereocenters. The molecule has 0 fully saturated rings. The number of carbonyl (C=O) groups excluding carboxylic acids is 1. The zero-order valence-corrected chi connectivity index (χ0v) is 14.7. The molecule has 3 rings (SSSR count). The van der Waals surface area contributed by atoms with Gasteiger partial charge in [-0.2, -0.15) is 0 Å². The van der Waals surface area contributed by atoms with E-state index in [0.29, 0.717) is 17.5 Å². The van der Waals surface area contributed by atoms with E-state index in [1.54, 1.807) is 30.3 Å². The Balaban J connectivity index is 1.87. The van der Waals surface area contributed by atoms with Crippen LogP contribution in [0.2, 0.25) is 0 Å². The van der Waals surface area contributed by atoms with Crippen molar-refractivity contribution >= 4 is 42.8 Å². The molecular formula is C16H13BrN2O4S. The first kappa shape index (κ1) is 16.7. The van der Waals surface area contributed by atoms with E-state index in [1.165, 1.54) is 18.2 Å². The Morgan fingerprint density at radius 2 is 1.88 bits per heavy atom. The van der Waals surface area contributed by atoms with Crippen LogP contribution in [0.5, 0.6) is 0 Å². The highest BCUT2D eigenvalue weighted by Gasteiger charge is 2.21. The number of hydrogen-bond acceptors (Lipinski definition) is 5. The zero-order chi connectivity index (χ0) is 17.3. The standard InChI is InChI=1S/C16H13BrN2O4S/c17-13-2-1-3-14-12(13)8-15(23-14)16(20)19-24(21,22)11-6-4-10(9-18)5-7-11/h1-8H,9,18H2,(H,19,20). The van der Waals surface area contributed by atoms with Crippen LogP contribution in [0.3, 0.4) is 0 Å². The summed E-state index contributed by atoms with van der Waals surface area (Å²) in [7, 11) is -3.99. The van der Waals surface area contributed by atoms with Gasteiger partial charge in [-0.1, -0.05) is 34.1 Å². The number of nitrogens with two attached hydrogens (primary N) is 1. The van der Waals surface area contributed by atoms with Gasteiger partial charge in [-0.15, -0.1) is 0 Å². The predicted molar refractivity (Wildman–Crippen MR) is 92.9 cm³/mol. The highest BCUT2D eigenvalue weighted by Crippen LogP contribution is 2.27. The van der Waals surface area contributed by atoms with E-state index in [4.69, 9.17) is 10.2 Å². The van der Waals surface area contributed by atoms with E-state index >= 15 is 0 Å². The Labute approximate surface area is 146 Å². The maximum Gasteiger partial charge on any atom is 0.300 e. The lowest BCUT2D eigenvalue weighted by atomic mass is 10.2. The number of benzene rings is 2. The quantitative estimate of drug-likeness (QED) is 0.690. The van der Waals surface area contributed by atoms with Gasteiger partial charge in [0, 0.05) is 16.4 Å². The molecule has 124 valence electrons. The Kier molecular flexibility index (Phi) is 4.44. The lowest BCUT2D eigenvalue weighted by Gasteiger charge is -2.06. The summed E-state index contributed by atoms with van der Waals surface area (Å²) in [6.45, 7) is 0.306. The molecule has 0 unspecified atom stereocenters. The minimum atomic E-state index is -3.99. The van der Waals surface area contributed by atoms with E-state index in [0.717, 1.165) is 10.0 Å². The van der Waals surface area contributed by atoms with Gasteiger partial charge in [0.05, 0.1) is 4.90 Å². The second kappa shape index (κ2) is 6.39. The zero-order valence-electron chi connectivity index (χ0n) is 12.3. The van der Waals surface area contributed by atoms with Crippen LogP contribution in [0.25, 0.3) is 11.0 Å². The summed E-state index contributed by atoms with van der Waals surface area (Å²) in [6, 6.07) is 12.7. The number of hydrogen-bond donors (Lipinski definition) is 2. The predicted octanol–water partition coefficient (Wildman–Crippen LogP) is 2.77. The molecule has 3 aromatic rings. The van der Waals surface area contributed by atoms with E-state index in [1.807, 2.05) is 4.72 Å².